The summed E-state index contributed by atoms with van der Waals surface area (Å²) in [6.07, 6.45) is 0. The van der Waals surface area contributed by atoms with Gasteiger partial charge in [0.15, 0.2) is 0 Å². The van der Waals surface area contributed by atoms with E-state index in [9.17, 15) is 9.59 Å². The van der Waals surface area contributed by atoms with Gasteiger partial charge >= 0.3 is 0 Å². The minimum absolute atomic E-state index is 0.0647. The molecule has 6 nitrogen and oxygen atoms in total. The predicted molar refractivity (Wildman–Crippen MR) is 155 cm³/mol. The lowest BCUT2D eigenvalue weighted by molar-refractivity contribution is -0.122. The van der Waals surface area contributed by atoms with E-state index in [0.717, 1.165) is 39.3 Å². The van der Waals surface area contributed by atoms with Gasteiger partial charge in [0, 0.05) is 34.4 Å². The number of benzene rings is 4. The Morgan fingerprint density at radius 3 is 2.65 bits per heavy atom. The van der Waals surface area contributed by atoms with Gasteiger partial charge in [-0.25, -0.2) is 0 Å². The average molecular weight is 553 g/mol. The number of ether oxygens (including phenoxy) is 2. The smallest absolute Gasteiger partial charge is 0.251 e. The van der Waals surface area contributed by atoms with Gasteiger partial charge in [0.05, 0.1) is 13.2 Å². The first kappa shape index (κ1) is 26.0. The monoisotopic (exact) mass is 552 g/mol. The zero-order chi connectivity index (χ0) is 27.9. The van der Waals surface area contributed by atoms with Crippen molar-refractivity contribution in [2.45, 2.75) is 32.4 Å². The minimum atomic E-state index is -0.953. The van der Waals surface area contributed by atoms with Gasteiger partial charge in [-0.05, 0) is 66.4 Å². The molecule has 0 aromatic heterocycles. The fourth-order valence-corrected chi connectivity index (χ4v) is 5.97. The second kappa shape index (κ2) is 10.4. The number of anilines is 1. The number of carbonyl (C=O) groups excluding carboxylic acids is 2. The highest BCUT2D eigenvalue weighted by atomic mass is 35.5. The molecule has 6 rings (SSSR count). The second-order valence-electron chi connectivity index (χ2n) is 10.1. The number of nitrogens with zero attached hydrogens (tertiary/aromatic N) is 1. The molecule has 0 radical (unpaired) electrons. The van der Waals surface area contributed by atoms with Crippen LogP contribution in [-0.2, 0) is 23.3 Å². The van der Waals surface area contributed by atoms with Gasteiger partial charge in [0.1, 0.15) is 23.5 Å². The highest BCUT2D eigenvalue weighted by molar-refractivity contribution is 6.30. The van der Waals surface area contributed by atoms with Gasteiger partial charge in [-0.2, -0.15) is 0 Å². The van der Waals surface area contributed by atoms with Crippen molar-refractivity contribution in [3.63, 3.8) is 0 Å². The van der Waals surface area contributed by atoms with Gasteiger partial charge in [0.2, 0.25) is 5.91 Å². The number of nitrogens with one attached hydrogen (secondary N) is 1. The summed E-state index contributed by atoms with van der Waals surface area (Å²) in [6.45, 7) is 5.29. The molecule has 1 spiro atoms. The molecule has 0 saturated heterocycles. The maximum absolute atomic E-state index is 14.4. The molecule has 2 amide bonds. The minimum Gasteiger partial charge on any atom is -0.493 e. The fraction of sp³-hybridized carbons (Fsp3) is 0.212. The Labute approximate surface area is 238 Å². The van der Waals surface area contributed by atoms with E-state index in [-0.39, 0.29) is 25.0 Å². The summed E-state index contributed by atoms with van der Waals surface area (Å²) < 4.78 is 11.9. The first-order valence-electron chi connectivity index (χ1n) is 13.3. The molecule has 202 valence electrons. The summed E-state index contributed by atoms with van der Waals surface area (Å²) in [5.74, 6) is 1.15. The van der Waals surface area contributed by atoms with E-state index >= 15 is 0 Å². The number of halogens is 1. The number of carbonyl (C=O) groups is 2. The Balaban J connectivity index is 1.33. The highest BCUT2D eigenvalue weighted by Gasteiger charge is 2.57. The Hall–Kier alpha value is -4.29. The average Bonchev–Trinajstić information content (AvgIpc) is 3.44. The first-order chi connectivity index (χ1) is 19.4. The van der Waals surface area contributed by atoms with Crippen molar-refractivity contribution < 1.29 is 19.1 Å². The van der Waals surface area contributed by atoms with E-state index in [1.165, 1.54) is 0 Å². The lowest BCUT2D eigenvalue weighted by Gasteiger charge is -2.24. The Bertz CT molecular complexity index is 1630. The summed E-state index contributed by atoms with van der Waals surface area (Å²) in [5.41, 5.74) is 4.77. The first-order valence-corrected chi connectivity index (χ1v) is 13.7. The van der Waals surface area contributed by atoms with E-state index in [1.54, 1.807) is 17.0 Å². The molecule has 4 aromatic rings. The van der Waals surface area contributed by atoms with Crippen molar-refractivity contribution in [3.8, 4) is 11.5 Å². The van der Waals surface area contributed by atoms with Crippen LogP contribution in [0.25, 0.3) is 0 Å². The molecule has 2 aliphatic heterocycles. The zero-order valence-corrected chi connectivity index (χ0v) is 23.1. The molecule has 1 unspecified atom stereocenters. The number of hydrogen-bond donors (Lipinski definition) is 1. The maximum Gasteiger partial charge on any atom is 0.251 e. The molecule has 2 aliphatic rings. The third-order valence-electron chi connectivity index (χ3n) is 7.68. The quantitative estimate of drug-likeness (QED) is 0.296. The van der Waals surface area contributed by atoms with Crippen LogP contribution < -0.4 is 19.7 Å². The Kier molecular flexibility index (Phi) is 6.72. The summed E-state index contributed by atoms with van der Waals surface area (Å²) in [6, 6.07) is 26.6. The van der Waals surface area contributed by atoms with Crippen LogP contribution >= 0.6 is 11.6 Å². The van der Waals surface area contributed by atoms with Crippen molar-refractivity contribution in [1.82, 2.24) is 5.32 Å². The van der Waals surface area contributed by atoms with Crippen LogP contribution in [-0.4, -0.2) is 25.0 Å². The number of aryl methyl sites for hydroxylation is 1. The zero-order valence-electron chi connectivity index (χ0n) is 22.4. The normalized spacial score (nSPS) is 17.0. The van der Waals surface area contributed by atoms with Crippen molar-refractivity contribution >= 4 is 29.1 Å². The summed E-state index contributed by atoms with van der Waals surface area (Å²) >= 11 is 6.10. The lowest BCUT2D eigenvalue weighted by atomic mass is 9.76. The number of fused-ring (bicyclic) bond motifs is 4. The number of hydrogen-bond acceptors (Lipinski definition) is 4. The van der Waals surface area contributed by atoms with E-state index < -0.39 is 5.41 Å². The molecule has 0 bridgehead atoms. The molecule has 40 heavy (non-hydrogen) atoms. The standard InChI is InChI=1S/C33H29ClN2O4/c1-3-39-29-17-30-27(15-21(29)2)33(20-40-30)26-13-6-7-14-28(26)36(32(33)38)19-23-10-4-5-12-25(23)31(37)35-18-22-9-8-11-24(34)16-22/h4-17H,3,18-20H2,1-2H3,(H,35,37). The molecular weight excluding hydrogens is 524 g/mol. The van der Waals surface area contributed by atoms with Crippen molar-refractivity contribution in [3.05, 3.63) is 123 Å². The molecule has 0 fully saturated rings. The molecule has 4 aromatic carbocycles. The van der Waals surface area contributed by atoms with Crippen LogP contribution in [0.5, 0.6) is 11.5 Å². The molecule has 0 saturated carbocycles. The maximum atomic E-state index is 14.4. The molecule has 0 aliphatic carbocycles. The fourth-order valence-electron chi connectivity index (χ4n) is 5.75. The number of para-hydroxylation sites is 1. The Morgan fingerprint density at radius 2 is 1.82 bits per heavy atom. The molecular formula is C33H29ClN2O4. The van der Waals surface area contributed by atoms with Gasteiger partial charge in [-0.15, -0.1) is 0 Å². The SMILES string of the molecule is CCOc1cc2c(cc1C)C1(CO2)C(=O)N(Cc2ccccc2C(=O)NCc2cccc(Cl)c2)c2ccccc21. The van der Waals surface area contributed by atoms with Crippen LogP contribution in [0.15, 0.2) is 84.9 Å². The number of rotatable bonds is 7. The topological polar surface area (TPSA) is 67.9 Å². The van der Waals surface area contributed by atoms with Crippen molar-refractivity contribution in [2.24, 2.45) is 0 Å². The van der Waals surface area contributed by atoms with Gasteiger partial charge < -0.3 is 19.7 Å². The lowest BCUT2D eigenvalue weighted by Crippen LogP contribution is -2.42. The molecule has 1 N–H and O–H groups in total. The van der Waals surface area contributed by atoms with Gasteiger partial charge in [-0.3, -0.25) is 9.59 Å². The Morgan fingerprint density at radius 1 is 1.02 bits per heavy atom. The second-order valence-corrected chi connectivity index (χ2v) is 10.6. The number of amides is 2. The highest BCUT2D eigenvalue weighted by Crippen LogP contribution is 2.53. The van der Waals surface area contributed by atoms with Crippen LogP contribution in [0.3, 0.4) is 0 Å². The van der Waals surface area contributed by atoms with Gasteiger partial charge in [-0.1, -0.05) is 60.1 Å². The van der Waals surface area contributed by atoms with E-state index in [1.807, 2.05) is 86.6 Å². The summed E-state index contributed by atoms with van der Waals surface area (Å²) in [4.78, 5) is 29.5. The summed E-state index contributed by atoms with van der Waals surface area (Å²) in [7, 11) is 0. The van der Waals surface area contributed by atoms with Crippen LogP contribution in [0.2, 0.25) is 5.02 Å². The van der Waals surface area contributed by atoms with E-state index in [0.29, 0.717) is 29.5 Å². The van der Waals surface area contributed by atoms with Crippen LogP contribution in [0.4, 0.5) is 5.69 Å². The van der Waals surface area contributed by atoms with Crippen LogP contribution in [0.1, 0.15) is 45.1 Å². The molecule has 2 heterocycles. The predicted octanol–water partition coefficient (Wildman–Crippen LogP) is 6.20. The third kappa shape index (κ3) is 4.29. The largest absolute Gasteiger partial charge is 0.493 e. The molecule has 7 heteroatoms. The third-order valence-corrected chi connectivity index (χ3v) is 7.91. The van der Waals surface area contributed by atoms with Crippen molar-refractivity contribution in [2.75, 3.05) is 18.1 Å². The van der Waals surface area contributed by atoms with E-state index in [2.05, 4.69) is 5.32 Å². The van der Waals surface area contributed by atoms with Crippen LogP contribution in [0, 0.1) is 6.92 Å². The van der Waals surface area contributed by atoms with E-state index in [4.69, 9.17) is 21.1 Å². The van der Waals surface area contributed by atoms with Gasteiger partial charge in [0.25, 0.3) is 5.91 Å². The van der Waals surface area contributed by atoms with Crippen molar-refractivity contribution in [1.29, 1.82) is 0 Å². The molecule has 1 atom stereocenters. The summed E-state index contributed by atoms with van der Waals surface area (Å²) in [5, 5.41) is 3.61.